The minimum absolute atomic E-state index is 0.00432. The lowest BCUT2D eigenvalue weighted by atomic mass is 10.2. The summed E-state index contributed by atoms with van der Waals surface area (Å²) in [6.07, 6.45) is 1.67. The molecule has 0 saturated carbocycles. The average Bonchev–Trinajstić information content (AvgIpc) is 2.37. The van der Waals surface area contributed by atoms with Gasteiger partial charge in [-0.2, -0.15) is 0 Å². The fraction of sp³-hybridized carbons (Fsp3) is 0.0833. The molecule has 1 aromatic carbocycles. The van der Waals surface area contributed by atoms with Crippen LogP contribution < -0.4 is 5.32 Å². The zero-order valence-electron chi connectivity index (χ0n) is 9.34. The lowest BCUT2D eigenvalue weighted by molar-refractivity contribution is -0.384. The van der Waals surface area contributed by atoms with Crippen LogP contribution in [-0.4, -0.2) is 9.91 Å². The van der Waals surface area contributed by atoms with Crippen molar-refractivity contribution in [1.29, 1.82) is 0 Å². The fourth-order valence-electron chi connectivity index (χ4n) is 1.50. The second-order valence-electron chi connectivity index (χ2n) is 3.59. The molecule has 5 nitrogen and oxygen atoms in total. The molecule has 0 unspecified atom stereocenters. The van der Waals surface area contributed by atoms with E-state index in [1.165, 1.54) is 18.2 Å². The van der Waals surface area contributed by atoms with Crippen LogP contribution in [0.4, 0.5) is 11.4 Å². The summed E-state index contributed by atoms with van der Waals surface area (Å²) in [5.41, 5.74) is 1.18. The number of hydrogen-bond donors (Lipinski definition) is 1. The predicted octanol–water partition coefficient (Wildman–Crippen LogP) is 3.26. The topological polar surface area (TPSA) is 68.1 Å². The second-order valence-corrected chi connectivity index (χ2v) is 4.03. The summed E-state index contributed by atoms with van der Waals surface area (Å²) in [6.45, 7) is 0.405. The van der Waals surface area contributed by atoms with E-state index in [2.05, 4.69) is 10.3 Å². The Balaban J connectivity index is 2.18. The smallest absolute Gasteiger partial charge is 0.292 e. The molecule has 0 spiro atoms. The van der Waals surface area contributed by atoms with E-state index in [0.29, 0.717) is 17.3 Å². The summed E-state index contributed by atoms with van der Waals surface area (Å²) in [5, 5.41) is 14.3. The zero-order valence-corrected chi connectivity index (χ0v) is 10.1. The molecule has 1 heterocycles. The Kier molecular flexibility index (Phi) is 3.74. The van der Waals surface area contributed by atoms with E-state index < -0.39 is 4.92 Å². The number of benzene rings is 1. The molecule has 6 heteroatoms. The van der Waals surface area contributed by atoms with E-state index in [-0.39, 0.29) is 5.69 Å². The third-order valence-corrected chi connectivity index (χ3v) is 2.58. The van der Waals surface area contributed by atoms with Crippen LogP contribution in [0, 0.1) is 10.1 Å². The normalized spacial score (nSPS) is 10.1. The van der Waals surface area contributed by atoms with Gasteiger partial charge < -0.3 is 5.32 Å². The summed E-state index contributed by atoms with van der Waals surface area (Å²) >= 11 is 5.83. The molecule has 1 aromatic heterocycles. The van der Waals surface area contributed by atoms with Gasteiger partial charge in [0.15, 0.2) is 0 Å². The molecule has 92 valence electrons. The number of nitrogens with one attached hydrogen (secondary N) is 1. The molecule has 0 fully saturated rings. The molecule has 0 aliphatic rings. The van der Waals surface area contributed by atoms with E-state index in [0.717, 1.165) is 5.69 Å². The van der Waals surface area contributed by atoms with Crippen LogP contribution in [0.2, 0.25) is 5.02 Å². The highest BCUT2D eigenvalue weighted by molar-refractivity contribution is 6.31. The van der Waals surface area contributed by atoms with Crippen molar-refractivity contribution in [2.24, 2.45) is 0 Å². The summed E-state index contributed by atoms with van der Waals surface area (Å²) in [6, 6.07) is 9.91. The zero-order chi connectivity index (χ0) is 13.0. The Morgan fingerprint density at radius 1 is 1.33 bits per heavy atom. The summed E-state index contributed by atoms with van der Waals surface area (Å²) in [7, 11) is 0. The van der Waals surface area contributed by atoms with Crippen molar-refractivity contribution in [3.8, 4) is 0 Å². The first-order valence-corrected chi connectivity index (χ1v) is 5.62. The highest BCUT2D eigenvalue weighted by atomic mass is 35.5. The van der Waals surface area contributed by atoms with Gasteiger partial charge in [-0.05, 0) is 24.3 Å². The van der Waals surface area contributed by atoms with E-state index in [1.807, 2.05) is 18.2 Å². The molecule has 0 bridgehead atoms. The van der Waals surface area contributed by atoms with Gasteiger partial charge >= 0.3 is 0 Å². The largest absolute Gasteiger partial charge is 0.374 e. The van der Waals surface area contributed by atoms with Crippen molar-refractivity contribution >= 4 is 23.0 Å². The number of anilines is 1. The third kappa shape index (κ3) is 2.95. The third-order valence-electron chi connectivity index (χ3n) is 2.34. The molecular formula is C12H10ClN3O2. The van der Waals surface area contributed by atoms with Gasteiger partial charge in [-0.1, -0.05) is 17.7 Å². The monoisotopic (exact) mass is 263 g/mol. The maximum absolute atomic E-state index is 10.9. The highest BCUT2D eigenvalue weighted by Gasteiger charge is 2.13. The summed E-state index contributed by atoms with van der Waals surface area (Å²) in [5.74, 6) is 0. The van der Waals surface area contributed by atoms with Crippen molar-refractivity contribution in [2.45, 2.75) is 6.54 Å². The van der Waals surface area contributed by atoms with Gasteiger partial charge in [-0.15, -0.1) is 0 Å². The highest BCUT2D eigenvalue weighted by Crippen LogP contribution is 2.27. The van der Waals surface area contributed by atoms with Gasteiger partial charge in [0.2, 0.25) is 0 Å². The van der Waals surface area contributed by atoms with Crippen LogP contribution in [0.3, 0.4) is 0 Å². The predicted molar refractivity (Wildman–Crippen MR) is 69.7 cm³/mol. The Bertz CT molecular complexity index is 561. The molecule has 2 aromatic rings. The number of nitrogens with zero attached hydrogens (tertiary/aromatic N) is 2. The molecule has 0 atom stereocenters. The maximum Gasteiger partial charge on any atom is 0.292 e. The van der Waals surface area contributed by atoms with Crippen LogP contribution in [0.25, 0.3) is 0 Å². The van der Waals surface area contributed by atoms with E-state index in [9.17, 15) is 10.1 Å². The van der Waals surface area contributed by atoms with Crippen molar-refractivity contribution in [2.75, 3.05) is 5.32 Å². The van der Waals surface area contributed by atoms with E-state index >= 15 is 0 Å². The Morgan fingerprint density at radius 2 is 2.17 bits per heavy atom. The first-order chi connectivity index (χ1) is 8.66. The summed E-state index contributed by atoms with van der Waals surface area (Å²) in [4.78, 5) is 14.5. The minimum atomic E-state index is -0.447. The quantitative estimate of drug-likeness (QED) is 0.679. The number of halogens is 1. The van der Waals surface area contributed by atoms with Crippen LogP contribution in [0.5, 0.6) is 0 Å². The molecule has 2 rings (SSSR count). The first-order valence-electron chi connectivity index (χ1n) is 5.24. The van der Waals surface area contributed by atoms with Crippen molar-refractivity contribution < 1.29 is 4.92 Å². The lowest BCUT2D eigenvalue weighted by Gasteiger charge is -2.06. The Morgan fingerprint density at radius 3 is 2.83 bits per heavy atom. The maximum atomic E-state index is 10.9. The van der Waals surface area contributed by atoms with Crippen molar-refractivity contribution in [1.82, 2.24) is 4.98 Å². The Labute approximate surface area is 109 Å². The van der Waals surface area contributed by atoms with Gasteiger partial charge in [0.1, 0.15) is 5.69 Å². The first kappa shape index (κ1) is 12.3. The molecule has 18 heavy (non-hydrogen) atoms. The van der Waals surface area contributed by atoms with Gasteiger partial charge in [0.25, 0.3) is 5.69 Å². The van der Waals surface area contributed by atoms with Gasteiger partial charge in [-0.3, -0.25) is 15.1 Å². The van der Waals surface area contributed by atoms with Gasteiger partial charge in [0, 0.05) is 17.3 Å². The molecule has 0 aliphatic heterocycles. The van der Waals surface area contributed by atoms with E-state index in [4.69, 9.17) is 11.6 Å². The number of aromatic nitrogens is 1. The SMILES string of the molecule is O=[N+]([O-])c1ccc(Cl)cc1NCc1ccccn1. The molecule has 0 saturated heterocycles. The molecule has 1 N–H and O–H groups in total. The second kappa shape index (κ2) is 5.46. The van der Waals surface area contributed by atoms with Crippen LogP contribution in [0.15, 0.2) is 42.6 Å². The molecule has 0 aliphatic carbocycles. The number of pyridine rings is 1. The fourth-order valence-corrected chi connectivity index (χ4v) is 1.67. The number of hydrogen-bond acceptors (Lipinski definition) is 4. The van der Waals surface area contributed by atoms with Gasteiger partial charge in [-0.25, -0.2) is 0 Å². The lowest BCUT2D eigenvalue weighted by Crippen LogP contribution is -2.03. The molecule has 0 amide bonds. The van der Waals surface area contributed by atoms with Crippen LogP contribution >= 0.6 is 11.6 Å². The van der Waals surface area contributed by atoms with Crippen LogP contribution in [-0.2, 0) is 6.54 Å². The summed E-state index contributed by atoms with van der Waals surface area (Å²) < 4.78 is 0. The number of nitro benzene ring substituents is 1. The molecule has 0 radical (unpaired) electrons. The van der Waals surface area contributed by atoms with Crippen molar-refractivity contribution in [3.05, 3.63) is 63.4 Å². The Hall–Kier alpha value is -2.14. The number of nitro groups is 1. The van der Waals surface area contributed by atoms with Gasteiger partial charge in [0.05, 0.1) is 17.2 Å². The van der Waals surface area contributed by atoms with Crippen LogP contribution in [0.1, 0.15) is 5.69 Å². The standard InChI is InChI=1S/C12H10ClN3O2/c13-9-4-5-12(16(17)18)11(7-9)15-8-10-3-1-2-6-14-10/h1-7,15H,8H2. The van der Waals surface area contributed by atoms with E-state index in [1.54, 1.807) is 6.20 Å². The number of rotatable bonds is 4. The van der Waals surface area contributed by atoms with Crippen molar-refractivity contribution in [3.63, 3.8) is 0 Å². The average molecular weight is 264 g/mol. The minimum Gasteiger partial charge on any atom is -0.374 e. The molecular weight excluding hydrogens is 254 g/mol.